The van der Waals surface area contributed by atoms with Crippen molar-refractivity contribution in [3.63, 3.8) is 0 Å². The van der Waals surface area contributed by atoms with E-state index < -0.39 is 0 Å². The molecule has 1 aromatic heterocycles. The third kappa shape index (κ3) is 2.66. The highest BCUT2D eigenvalue weighted by atomic mass is 16.5. The first kappa shape index (κ1) is 14.8. The van der Waals surface area contributed by atoms with Gasteiger partial charge in [-0.05, 0) is 50.9 Å². The first-order valence-corrected chi connectivity index (χ1v) is 8.31. The van der Waals surface area contributed by atoms with Crippen molar-refractivity contribution in [3.8, 4) is 0 Å². The van der Waals surface area contributed by atoms with Gasteiger partial charge in [0.1, 0.15) is 11.4 Å². The van der Waals surface area contributed by atoms with Crippen molar-refractivity contribution in [2.45, 2.75) is 63.9 Å². The number of aromatic nitrogens is 2. The van der Waals surface area contributed by atoms with Gasteiger partial charge in [0.15, 0.2) is 5.82 Å². The van der Waals surface area contributed by atoms with Crippen LogP contribution in [0.5, 0.6) is 0 Å². The van der Waals surface area contributed by atoms with Crippen LogP contribution >= 0.6 is 0 Å². The summed E-state index contributed by atoms with van der Waals surface area (Å²) in [5.41, 5.74) is 2.28. The summed E-state index contributed by atoms with van der Waals surface area (Å²) in [7, 11) is 3.78. The molecule has 2 atom stereocenters. The van der Waals surface area contributed by atoms with E-state index in [-0.39, 0.29) is 5.60 Å². The third-order valence-electron chi connectivity index (χ3n) is 5.17. The number of aryl methyl sites for hydroxylation is 1. The Bertz CT molecular complexity index is 500. The van der Waals surface area contributed by atoms with Crippen LogP contribution < -0.4 is 5.32 Å². The van der Waals surface area contributed by atoms with E-state index in [1.165, 1.54) is 36.9 Å². The van der Waals surface area contributed by atoms with Gasteiger partial charge in [-0.25, -0.2) is 9.97 Å². The zero-order valence-electron chi connectivity index (χ0n) is 13.5. The second-order valence-electron chi connectivity index (χ2n) is 6.68. The van der Waals surface area contributed by atoms with Crippen LogP contribution in [0.4, 0.5) is 5.82 Å². The van der Waals surface area contributed by atoms with Gasteiger partial charge in [0, 0.05) is 25.4 Å². The highest BCUT2D eigenvalue weighted by molar-refractivity contribution is 5.47. The van der Waals surface area contributed by atoms with Crippen molar-refractivity contribution >= 4 is 5.82 Å². The van der Waals surface area contributed by atoms with Crippen LogP contribution in [-0.4, -0.2) is 24.1 Å². The molecule has 0 saturated heterocycles. The number of hydrogen-bond donors (Lipinski definition) is 1. The van der Waals surface area contributed by atoms with E-state index in [1.807, 2.05) is 14.2 Å². The number of hydrogen-bond acceptors (Lipinski definition) is 4. The highest BCUT2D eigenvalue weighted by Crippen LogP contribution is 2.42. The Labute approximate surface area is 127 Å². The Balaban J connectivity index is 2.04. The molecule has 2 unspecified atom stereocenters. The molecule has 1 N–H and O–H groups in total. The number of nitrogens with zero attached hydrogens (tertiary/aromatic N) is 2. The molecule has 0 radical (unpaired) electrons. The summed E-state index contributed by atoms with van der Waals surface area (Å²) in [5.74, 6) is 2.60. The molecule has 0 aromatic carbocycles. The lowest BCUT2D eigenvalue weighted by Crippen LogP contribution is -2.37. The van der Waals surface area contributed by atoms with E-state index >= 15 is 0 Å². The molecule has 116 valence electrons. The minimum Gasteiger partial charge on any atom is -0.373 e. The van der Waals surface area contributed by atoms with Crippen LogP contribution in [-0.2, 0) is 23.2 Å². The van der Waals surface area contributed by atoms with Crippen molar-refractivity contribution < 1.29 is 4.74 Å². The normalized spacial score (nSPS) is 29.0. The van der Waals surface area contributed by atoms with Crippen molar-refractivity contribution in [1.29, 1.82) is 0 Å². The van der Waals surface area contributed by atoms with Crippen LogP contribution in [0.15, 0.2) is 0 Å². The average Bonchev–Trinajstić information content (AvgIpc) is 2.53. The van der Waals surface area contributed by atoms with Gasteiger partial charge in [-0.1, -0.05) is 13.3 Å². The van der Waals surface area contributed by atoms with Gasteiger partial charge in [0.05, 0.1) is 0 Å². The molecule has 2 aliphatic rings. The lowest BCUT2D eigenvalue weighted by molar-refractivity contribution is -0.0647. The Morgan fingerprint density at radius 2 is 2.00 bits per heavy atom. The van der Waals surface area contributed by atoms with Crippen LogP contribution in [0.25, 0.3) is 0 Å². The van der Waals surface area contributed by atoms with E-state index in [0.717, 1.165) is 37.3 Å². The number of nitrogens with one attached hydrogen (secondary N) is 1. The van der Waals surface area contributed by atoms with E-state index in [9.17, 15) is 0 Å². The molecule has 0 aliphatic heterocycles. The monoisotopic (exact) mass is 289 g/mol. The van der Waals surface area contributed by atoms with Gasteiger partial charge >= 0.3 is 0 Å². The van der Waals surface area contributed by atoms with Gasteiger partial charge in [-0.15, -0.1) is 0 Å². The van der Waals surface area contributed by atoms with E-state index in [1.54, 1.807) is 0 Å². The molecule has 1 aromatic rings. The highest BCUT2D eigenvalue weighted by Gasteiger charge is 2.40. The van der Waals surface area contributed by atoms with Gasteiger partial charge in [-0.2, -0.15) is 0 Å². The fourth-order valence-corrected chi connectivity index (χ4v) is 3.99. The van der Waals surface area contributed by atoms with Gasteiger partial charge < -0.3 is 10.1 Å². The molecule has 1 heterocycles. The summed E-state index contributed by atoms with van der Waals surface area (Å²) < 4.78 is 5.97. The molecule has 0 spiro atoms. The standard InChI is InChI=1S/C17H27N3O/c1-12-7-6-10-17(11-12,21-3)16-19-14-9-5-4-8-13(14)15(18-2)20-16/h12H,4-11H2,1-3H3,(H,18,19,20). The van der Waals surface area contributed by atoms with E-state index in [4.69, 9.17) is 14.7 Å². The quantitative estimate of drug-likeness (QED) is 0.926. The zero-order chi connectivity index (χ0) is 14.9. The lowest BCUT2D eigenvalue weighted by atomic mass is 9.78. The number of fused-ring (bicyclic) bond motifs is 1. The molecule has 2 aliphatic carbocycles. The van der Waals surface area contributed by atoms with Gasteiger partial charge in [-0.3, -0.25) is 0 Å². The third-order valence-corrected chi connectivity index (χ3v) is 5.17. The van der Waals surface area contributed by atoms with Crippen molar-refractivity contribution in [1.82, 2.24) is 9.97 Å². The molecule has 1 saturated carbocycles. The Kier molecular flexibility index (Phi) is 4.16. The van der Waals surface area contributed by atoms with Crippen molar-refractivity contribution in [2.75, 3.05) is 19.5 Å². The fourth-order valence-electron chi connectivity index (χ4n) is 3.99. The SMILES string of the molecule is CNc1nc(C2(OC)CCCC(C)C2)nc2c1CCCC2. The Morgan fingerprint density at radius 1 is 1.19 bits per heavy atom. The summed E-state index contributed by atoms with van der Waals surface area (Å²) >= 11 is 0. The molecule has 0 bridgehead atoms. The summed E-state index contributed by atoms with van der Waals surface area (Å²) in [6.45, 7) is 2.31. The first-order valence-electron chi connectivity index (χ1n) is 8.31. The molecular weight excluding hydrogens is 262 g/mol. The van der Waals surface area contributed by atoms with Crippen molar-refractivity contribution in [3.05, 3.63) is 17.1 Å². The predicted molar refractivity (Wildman–Crippen MR) is 84.5 cm³/mol. The molecule has 1 fully saturated rings. The minimum absolute atomic E-state index is 0.282. The van der Waals surface area contributed by atoms with Crippen molar-refractivity contribution in [2.24, 2.45) is 5.92 Å². The number of rotatable bonds is 3. The summed E-state index contributed by atoms with van der Waals surface area (Å²) in [6.07, 6.45) is 9.22. The second kappa shape index (κ2) is 5.91. The van der Waals surface area contributed by atoms with E-state index in [0.29, 0.717) is 5.92 Å². The second-order valence-corrected chi connectivity index (χ2v) is 6.68. The zero-order valence-corrected chi connectivity index (χ0v) is 13.5. The van der Waals surface area contributed by atoms with Gasteiger partial charge in [0.25, 0.3) is 0 Å². The molecular formula is C17H27N3O. The summed E-state index contributed by atoms with van der Waals surface area (Å²) in [5, 5.41) is 3.28. The number of ether oxygens (including phenoxy) is 1. The molecule has 21 heavy (non-hydrogen) atoms. The molecule has 3 rings (SSSR count). The lowest BCUT2D eigenvalue weighted by Gasteiger charge is -2.38. The predicted octanol–water partition coefficient (Wildman–Crippen LogP) is 3.45. The molecule has 4 nitrogen and oxygen atoms in total. The smallest absolute Gasteiger partial charge is 0.162 e. The number of methoxy groups -OCH3 is 1. The number of anilines is 1. The topological polar surface area (TPSA) is 47.0 Å². The average molecular weight is 289 g/mol. The maximum absolute atomic E-state index is 5.97. The minimum atomic E-state index is -0.282. The van der Waals surface area contributed by atoms with Crippen LogP contribution in [0.2, 0.25) is 0 Å². The maximum Gasteiger partial charge on any atom is 0.162 e. The van der Waals surface area contributed by atoms with Crippen LogP contribution in [0.1, 0.15) is 62.5 Å². The van der Waals surface area contributed by atoms with Gasteiger partial charge in [0.2, 0.25) is 0 Å². The fraction of sp³-hybridized carbons (Fsp3) is 0.765. The summed E-state index contributed by atoms with van der Waals surface area (Å²) in [6, 6.07) is 0. The largest absolute Gasteiger partial charge is 0.373 e. The maximum atomic E-state index is 5.97. The molecule has 0 amide bonds. The Morgan fingerprint density at radius 3 is 2.71 bits per heavy atom. The first-order chi connectivity index (χ1) is 10.2. The summed E-state index contributed by atoms with van der Waals surface area (Å²) in [4.78, 5) is 9.81. The van der Waals surface area contributed by atoms with E-state index in [2.05, 4.69) is 12.2 Å². The Hall–Kier alpha value is -1.16. The molecule has 4 heteroatoms. The van der Waals surface area contributed by atoms with Crippen LogP contribution in [0, 0.1) is 5.92 Å². The van der Waals surface area contributed by atoms with Crippen LogP contribution in [0.3, 0.4) is 0 Å².